The molecule has 390 valence electrons. The number of carboxylic acid groups (broad SMARTS) is 1. The SMILES string of the molecule is CC/C=C/C/C=C/C/C=C/C/C=C/CCCCCCCCCCCCC(=O)OC(COCCC(C(=O)[O-])[N+](C)(C)C)COC(=O)CCCCCCCCCCCCC/C=C/C/C=C/C/C=C/CC. The van der Waals surface area contributed by atoms with Crippen molar-refractivity contribution in [3.8, 4) is 0 Å². The number of rotatable bonds is 49. The lowest BCUT2D eigenvalue weighted by molar-refractivity contribution is -0.889. The van der Waals surface area contributed by atoms with E-state index in [9.17, 15) is 19.5 Å². The number of likely N-dealkylation sites (N-methyl/N-ethyl adjacent to an activating group) is 1. The smallest absolute Gasteiger partial charge is 0.306 e. The lowest BCUT2D eigenvalue weighted by Gasteiger charge is -2.34. The second-order valence-corrected chi connectivity index (χ2v) is 19.4. The zero-order valence-electron chi connectivity index (χ0n) is 44.5. The maximum atomic E-state index is 12.8. The molecule has 0 aromatic carbocycles. The number of quaternary nitrogens is 1. The second-order valence-electron chi connectivity index (χ2n) is 19.4. The highest BCUT2D eigenvalue weighted by atomic mass is 16.6. The van der Waals surface area contributed by atoms with Gasteiger partial charge in [-0.1, -0.05) is 208 Å². The highest BCUT2D eigenvalue weighted by molar-refractivity contribution is 5.70. The third-order valence-corrected chi connectivity index (χ3v) is 12.0. The van der Waals surface area contributed by atoms with Crippen molar-refractivity contribution >= 4 is 17.9 Å². The summed E-state index contributed by atoms with van der Waals surface area (Å²) >= 11 is 0. The summed E-state index contributed by atoms with van der Waals surface area (Å²) in [6.45, 7) is 4.45. The number of hydrogen-bond acceptors (Lipinski definition) is 7. The van der Waals surface area contributed by atoms with Crippen LogP contribution in [0.1, 0.15) is 226 Å². The van der Waals surface area contributed by atoms with Crippen LogP contribution in [0, 0.1) is 0 Å². The number of aliphatic carboxylic acids is 1. The molecular weight excluding hydrogens is 847 g/mol. The van der Waals surface area contributed by atoms with Crippen LogP contribution >= 0.6 is 0 Å². The molecule has 0 aromatic rings. The third-order valence-electron chi connectivity index (χ3n) is 12.0. The van der Waals surface area contributed by atoms with Crippen molar-refractivity contribution in [2.75, 3.05) is 41.0 Å². The Balaban J connectivity index is 4.21. The van der Waals surface area contributed by atoms with E-state index in [4.69, 9.17) is 14.2 Å². The summed E-state index contributed by atoms with van der Waals surface area (Å²) < 4.78 is 17.3. The van der Waals surface area contributed by atoms with E-state index < -0.39 is 18.1 Å². The molecule has 0 radical (unpaired) electrons. The Bertz CT molecular complexity index is 1380. The molecule has 0 saturated carbocycles. The van der Waals surface area contributed by atoms with Crippen molar-refractivity contribution in [1.29, 1.82) is 0 Å². The van der Waals surface area contributed by atoms with Crippen LogP contribution in [0.25, 0.3) is 0 Å². The van der Waals surface area contributed by atoms with Gasteiger partial charge in [-0.15, -0.1) is 0 Å². The number of carbonyl (C=O) groups is 3. The maximum absolute atomic E-state index is 12.8. The molecule has 0 aliphatic heterocycles. The van der Waals surface area contributed by atoms with E-state index in [0.717, 1.165) is 89.9 Å². The summed E-state index contributed by atoms with van der Waals surface area (Å²) in [5, 5.41) is 11.7. The fourth-order valence-electron chi connectivity index (χ4n) is 7.84. The zero-order chi connectivity index (χ0) is 49.9. The summed E-state index contributed by atoms with van der Waals surface area (Å²) in [4.78, 5) is 37.1. The average Bonchev–Trinajstić information content (AvgIpc) is 3.30. The Morgan fingerprint density at radius 1 is 0.441 bits per heavy atom. The second kappa shape index (κ2) is 49.9. The highest BCUT2D eigenvalue weighted by Gasteiger charge is 2.25. The van der Waals surface area contributed by atoms with Gasteiger partial charge < -0.3 is 28.6 Å². The first-order chi connectivity index (χ1) is 33.1. The number of esters is 2. The van der Waals surface area contributed by atoms with Crippen molar-refractivity contribution in [3.05, 3.63) is 85.1 Å². The molecule has 2 unspecified atom stereocenters. The van der Waals surface area contributed by atoms with Crippen LogP contribution in [0.4, 0.5) is 0 Å². The van der Waals surface area contributed by atoms with Gasteiger partial charge >= 0.3 is 11.9 Å². The van der Waals surface area contributed by atoms with Gasteiger partial charge in [-0.25, -0.2) is 0 Å². The van der Waals surface area contributed by atoms with Crippen molar-refractivity contribution < 1.29 is 38.2 Å². The van der Waals surface area contributed by atoms with Crippen molar-refractivity contribution in [2.45, 2.75) is 238 Å². The molecule has 0 fully saturated rings. The molecule has 68 heavy (non-hydrogen) atoms. The Hall–Kier alpha value is -3.49. The number of carbonyl (C=O) groups excluding carboxylic acids is 3. The molecule has 0 bridgehead atoms. The summed E-state index contributed by atoms with van der Waals surface area (Å²) in [6, 6.07) is -0.731. The van der Waals surface area contributed by atoms with Gasteiger partial charge in [0.05, 0.1) is 40.3 Å². The monoisotopic (exact) mass is 950 g/mol. The molecule has 0 rings (SSSR count). The molecular formula is C60H103NO7. The minimum atomic E-state index is -1.13. The van der Waals surface area contributed by atoms with E-state index in [2.05, 4.69) is 98.9 Å². The van der Waals surface area contributed by atoms with Crippen LogP contribution < -0.4 is 5.11 Å². The van der Waals surface area contributed by atoms with E-state index in [-0.39, 0.29) is 42.7 Å². The largest absolute Gasteiger partial charge is 0.544 e. The minimum absolute atomic E-state index is 0.0352. The van der Waals surface area contributed by atoms with Gasteiger partial charge in [0.2, 0.25) is 0 Å². The normalized spacial score (nSPS) is 13.5. The predicted octanol–water partition coefficient (Wildman–Crippen LogP) is 15.1. The van der Waals surface area contributed by atoms with Crippen LogP contribution in [0.2, 0.25) is 0 Å². The lowest BCUT2D eigenvalue weighted by atomic mass is 10.0. The molecule has 0 amide bonds. The van der Waals surface area contributed by atoms with Gasteiger partial charge in [-0.2, -0.15) is 0 Å². The fraction of sp³-hybridized carbons (Fsp3) is 0.717. The van der Waals surface area contributed by atoms with E-state index in [1.165, 1.54) is 103 Å². The summed E-state index contributed by atoms with van der Waals surface area (Å²) in [6.07, 6.45) is 66.2. The van der Waals surface area contributed by atoms with Crippen molar-refractivity contribution in [2.24, 2.45) is 0 Å². The van der Waals surface area contributed by atoms with Crippen LogP contribution in [0.5, 0.6) is 0 Å². The van der Waals surface area contributed by atoms with Crippen LogP contribution in [0.15, 0.2) is 85.1 Å². The standard InChI is InChI=1S/C60H103NO7/c1-6-8-10-12-14-16-18-20-22-24-26-28-29-31-33-35-37-39-41-43-45-47-49-51-59(63)68-56(54-66-53-52-57(60(64)65)61(3,4)5)55-67-58(62)50-48-46-44-42-40-38-36-34-32-30-27-25-23-21-19-17-15-13-11-9-7-2/h8-11,14-17,20-23,26,28,56-57H,6-7,12-13,18-19,24-25,27,29-55H2,1-5H3/b10-8+,11-9+,16-14+,17-15+,22-20+,23-21+,28-26+. The van der Waals surface area contributed by atoms with E-state index in [1.54, 1.807) is 21.1 Å². The topological polar surface area (TPSA) is 102 Å². The molecule has 0 N–H and O–H groups in total. The average molecular weight is 950 g/mol. The van der Waals surface area contributed by atoms with E-state index in [1.807, 2.05) is 0 Å². The van der Waals surface area contributed by atoms with Gasteiger partial charge in [0.25, 0.3) is 0 Å². The van der Waals surface area contributed by atoms with Crippen molar-refractivity contribution in [3.63, 3.8) is 0 Å². The Morgan fingerprint density at radius 2 is 0.779 bits per heavy atom. The number of unbranched alkanes of at least 4 members (excludes halogenated alkanes) is 21. The lowest BCUT2D eigenvalue weighted by Crippen LogP contribution is -2.55. The Labute approximate surface area is 418 Å². The number of allylic oxidation sites excluding steroid dienone is 14. The molecule has 0 saturated heterocycles. The van der Waals surface area contributed by atoms with Crippen LogP contribution in [-0.4, -0.2) is 75.5 Å². The molecule has 0 heterocycles. The number of nitrogens with zero attached hydrogens (tertiary/aromatic N) is 1. The Morgan fingerprint density at radius 3 is 1.15 bits per heavy atom. The Kier molecular flexibility index (Phi) is 47.4. The first-order valence-electron chi connectivity index (χ1n) is 27.6. The number of ether oxygens (including phenoxy) is 3. The summed E-state index contributed by atoms with van der Waals surface area (Å²) in [5.41, 5.74) is 0. The first kappa shape index (κ1) is 64.5. The maximum Gasteiger partial charge on any atom is 0.306 e. The van der Waals surface area contributed by atoms with Crippen LogP contribution in [0.3, 0.4) is 0 Å². The molecule has 2 atom stereocenters. The quantitative estimate of drug-likeness (QED) is 0.0259. The van der Waals surface area contributed by atoms with E-state index in [0.29, 0.717) is 12.8 Å². The molecule has 0 spiro atoms. The minimum Gasteiger partial charge on any atom is -0.544 e. The third kappa shape index (κ3) is 47.6. The van der Waals surface area contributed by atoms with Gasteiger partial charge in [0.1, 0.15) is 12.6 Å². The van der Waals surface area contributed by atoms with Gasteiger partial charge in [-0.05, 0) is 83.5 Å². The van der Waals surface area contributed by atoms with Crippen molar-refractivity contribution in [1.82, 2.24) is 0 Å². The van der Waals surface area contributed by atoms with Gasteiger partial charge in [-0.3, -0.25) is 9.59 Å². The zero-order valence-corrected chi connectivity index (χ0v) is 44.5. The highest BCUT2D eigenvalue weighted by Crippen LogP contribution is 2.16. The number of hydrogen-bond donors (Lipinski definition) is 0. The molecule has 0 aromatic heterocycles. The van der Waals surface area contributed by atoms with Gasteiger partial charge in [0, 0.05) is 19.3 Å². The molecule has 8 nitrogen and oxygen atoms in total. The van der Waals surface area contributed by atoms with E-state index >= 15 is 0 Å². The summed E-state index contributed by atoms with van der Waals surface area (Å²) in [7, 11) is 5.42. The fourth-order valence-corrected chi connectivity index (χ4v) is 7.84. The molecule has 0 aliphatic rings. The molecule has 0 aliphatic carbocycles. The van der Waals surface area contributed by atoms with Gasteiger partial charge in [0.15, 0.2) is 6.10 Å². The summed E-state index contributed by atoms with van der Waals surface area (Å²) in [5.74, 6) is -1.74. The first-order valence-corrected chi connectivity index (χ1v) is 27.6. The molecule has 8 heteroatoms. The predicted molar refractivity (Wildman–Crippen MR) is 286 cm³/mol. The van der Waals surface area contributed by atoms with Crippen LogP contribution in [-0.2, 0) is 28.6 Å². The number of carboxylic acids is 1.